The van der Waals surface area contributed by atoms with Gasteiger partial charge in [0.2, 0.25) is 10.0 Å². The zero-order valence-corrected chi connectivity index (χ0v) is 12.8. The molecule has 0 aliphatic heterocycles. The molecule has 0 bridgehead atoms. The maximum Gasteiger partial charge on any atom is 0.243 e. The Hall–Kier alpha value is -0.720. The van der Waals surface area contributed by atoms with Gasteiger partial charge in [0.05, 0.1) is 5.69 Å². The molecule has 1 rings (SSSR count). The number of nitrogen functional groups attached to an aromatic ring is 1. The smallest absolute Gasteiger partial charge is 0.243 e. The molecule has 3 N–H and O–H groups in total. The van der Waals surface area contributed by atoms with Gasteiger partial charge in [-0.3, -0.25) is 0 Å². The fourth-order valence-electron chi connectivity index (χ4n) is 1.77. The first-order chi connectivity index (χ1) is 8.29. The zero-order chi connectivity index (χ0) is 13.9. The average Bonchev–Trinajstić information content (AvgIpc) is 2.23. The maximum atomic E-state index is 12.3. The van der Waals surface area contributed by atoms with Gasteiger partial charge in [-0.2, -0.15) is 11.8 Å². The van der Waals surface area contributed by atoms with Crippen LogP contribution in [0.3, 0.4) is 0 Å². The van der Waals surface area contributed by atoms with Crippen LogP contribution in [-0.2, 0) is 10.0 Å². The SMILES string of the molecule is CSCC(C)NS(=O)(=O)c1c(C)ccc(C)c1N. The molecule has 0 fully saturated rings. The molecule has 18 heavy (non-hydrogen) atoms. The second kappa shape index (κ2) is 5.95. The first-order valence-electron chi connectivity index (χ1n) is 5.66. The molecule has 0 saturated heterocycles. The summed E-state index contributed by atoms with van der Waals surface area (Å²) in [5.74, 6) is 0.726. The van der Waals surface area contributed by atoms with Crippen molar-refractivity contribution in [1.29, 1.82) is 0 Å². The van der Waals surface area contributed by atoms with Crippen LogP contribution in [0.15, 0.2) is 17.0 Å². The highest BCUT2D eigenvalue weighted by Gasteiger charge is 2.22. The van der Waals surface area contributed by atoms with Gasteiger partial charge in [-0.15, -0.1) is 0 Å². The molecule has 0 spiro atoms. The molecule has 0 aromatic heterocycles. The second-order valence-corrected chi connectivity index (χ2v) is 6.98. The number of nitrogens with two attached hydrogens (primary N) is 1. The Morgan fingerprint density at radius 2 is 1.89 bits per heavy atom. The van der Waals surface area contributed by atoms with Gasteiger partial charge in [-0.25, -0.2) is 13.1 Å². The highest BCUT2D eigenvalue weighted by atomic mass is 32.2. The Morgan fingerprint density at radius 1 is 1.33 bits per heavy atom. The third-order valence-electron chi connectivity index (χ3n) is 2.65. The monoisotopic (exact) mass is 288 g/mol. The fourth-order valence-corrected chi connectivity index (χ4v) is 4.13. The van der Waals surface area contributed by atoms with E-state index in [0.717, 1.165) is 11.3 Å². The largest absolute Gasteiger partial charge is 0.397 e. The highest BCUT2D eigenvalue weighted by molar-refractivity contribution is 7.98. The Morgan fingerprint density at radius 3 is 2.44 bits per heavy atom. The maximum absolute atomic E-state index is 12.3. The second-order valence-electron chi connectivity index (χ2n) is 4.42. The minimum Gasteiger partial charge on any atom is -0.397 e. The van der Waals surface area contributed by atoms with E-state index in [1.807, 2.05) is 19.2 Å². The average molecular weight is 288 g/mol. The summed E-state index contributed by atoms with van der Waals surface area (Å²) in [4.78, 5) is 0.204. The summed E-state index contributed by atoms with van der Waals surface area (Å²) in [6.45, 7) is 5.40. The number of aryl methyl sites for hydroxylation is 2. The van der Waals surface area contributed by atoms with E-state index in [4.69, 9.17) is 5.73 Å². The molecule has 102 valence electrons. The molecule has 0 saturated carbocycles. The van der Waals surface area contributed by atoms with Crippen LogP contribution in [0.5, 0.6) is 0 Å². The van der Waals surface area contributed by atoms with Crippen molar-refractivity contribution in [2.24, 2.45) is 0 Å². The van der Waals surface area contributed by atoms with Crippen molar-refractivity contribution >= 4 is 27.5 Å². The van der Waals surface area contributed by atoms with Crippen LogP contribution in [0.2, 0.25) is 0 Å². The van der Waals surface area contributed by atoms with Crippen molar-refractivity contribution < 1.29 is 8.42 Å². The summed E-state index contributed by atoms with van der Waals surface area (Å²) in [5, 5.41) is 0. The van der Waals surface area contributed by atoms with Crippen molar-refractivity contribution in [3.05, 3.63) is 23.3 Å². The van der Waals surface area contributed by atoms with Gasteiger partial charge in [-0.05, 0) is 38.2 Å². The number of benzene rings is 1. The van der Waals surface area contributed by atoms with Crippen LogP contribution in [0, 0.1) is 13.8 Å². The summed E-state index contributed by atoms with van der Waals surface area (Å²) in [6, 6.07) is 3.48. The molecular weight excluding hydrogens is 268 g/mol. The normalized spacial score (nSPS) is 13.6. The number of hydrogen-bond acceptors (Lipinski definition) is 4. The molecule has 0 radical (unpaired) electrons. The Balaban J connectivity index is 3.17. The number of nitrogens with one attached hydrogen (secondary N) is 1. The van der Waals surface area contributed by atoms with E-state index < -0.39 is 10.0 Å². The van der Waals surface area contributed by atoms with E-state index >= 15 is 0 Å². The molecule has 6 heteroatoms. The lowest BCUT2D eigenvalue weighted by Gasteiger charge is -2.17. The first kappa shape index (κ1) is 15.3. The molecule has 1 aromatic carbocycles. The molecule has 1 atom stereocenters. The standard InChI is InChI=1S/C12H20N2O2S2/c1-8-5-6-9(2)12(11(8)13)18(15,16)14-10(3)7-17-4/h5-6,10,14H,7,13H2,1-4H3. The molecule has 1 unspecified atom stereocenters. The van der Waals surface area contributed by atoms with E-state index in [0.29, 0.717) is 11.3 Å². The van der Waals surface area contributed by atoms with E-state index in [1.54, 1.807) is 31.7 Å². The topological polar surface area (TPSA) is 72.2 Å². The molecular formula is C12H20N2O2S2. The van der Waals surface area contributed by atoms with Crippen LogP contribution in [0.4, 0.5) is 5.69 Å². The van der Waals surface area contributed by atoms with Crippen molar-refractivity contribution in [2.45, 2.75) is 31.7 Å². The molecule has 0 amide bonds. The lowest BCUT2D eigenvalue weighted by Crippen LogP contribution is -2.35. The number of sulfonamides is 1. The third-order valence-corrected chi connectivity index (χ3v) is 5.28. The number of thioether (sulfide) groups is 1. The molecule has 0 aliphatic rings. The Labute approximate surface area is 113 Å². The highest BCUT2D eigenvalue weighted by Crippen LogP contribution is 2.25. The predicted octanol–water partition coefficient (Wildman–Crippen LogP) is 1.92. The summed E-state index contributed by atoms with van der Waals surface area (Å²) in [7, 11) is -3.55. The van der Waals surface area contributed by atoms with Crippen molar-refractivity contribution in [3.63, 3.8) is 0 Å². The quantitative estimate of drug-likeness (QED) is 0.812. The summed E-state index contributed by atoms with van der Waals surface area (Å²) in [5.41, 5.74) is 7.67. The van der Waals surface area contributed by atoms with Crippen LogP contribution in [0.1, 0.15) is 18.1 Å². The van der Waals surface area contributed by atoms with Crippen LogP contribution in [-0.4, -0.2) is 26.5 Å². The minimum atomic E-state index is -3.55. The Bertz CT molecular complexity index is 527. The van der Waals surface area contributed by atoms with E-state index in [1.165, 1.54) is 0 Å². The van der Waals surface area contributed by atoms with E-state index in [9.17, 15) is 8.42 Å². The lowest BCUT2D eigenvalue weighted by atomic mass is 10.1. The summed E-state index contributed by atoms with van der Waals surface area (Å²) < 4.78 is 27.3. The van der Waals surface area contributed by atoms with Gasteiger partial charge < -0.3 is 5.73 Å². The van der Waals surface area contributed by atoms with E-state index in [-0.39, 0.29) is 10.9 Å². The van der Waals surface area contributed by atoms with Gasteiger partial charge in [0.15, 0.2) is 0 Å². The minimum absolute atomic E-state index is 0.121. The summed E-state index contributed by atoms with van der Waals surface area (Å²) in [6.07, 6.45) is 1.94. The van der Waals surface area contributed by atoms with Crippen molar-refractivity contribution in [2.75, 3.05) is 17.7 Å². The number of hydrogen-bond donors (Lipinski definition) is 2. The van der Waals surface area contributed by atoms with Gasteiger partial charge in [0, 0.05) is 11.8 Å². The van der Waals surface area contributed by atoms with Crippen LogP contribution < -0.4 is 10.5 Å². The number of anilines is 1. The zero-order valence-electron chi connectivity index (χ0n) is 11.1. The summed E-state index contributed by atoms with van der Waals surface area (Å²) >= 11 is 1.60. The third kappa shape index (κ3) is 3.40. The molecule has 0 heterocycles. The van der Waals surface area contributed by atoms with Gasteiger partial charge >= 0.3 is 0 Å². The van der Waals surface area contributed by atoms with E-state index in [2.05, 4.69) is 4.72 Å². The van der Waals surface area contributed by atoms with Gasteiger partial charge in [0.1, 0.15) is 4.90 Å². The molecule has 0 aliphatic carbocycles. The van der Waals surface area contributed by atoms with Crippen molar-refractivity contribution in [3.8, 4) is 0 Å². The predicted molar refractivity (Wildman–Crippen MR) is 78.5 cm³/mol. The van der Waals surface area contributed by atoms with Gasteiger partial charge in [-0.1, -0.05) is 12.1 Å². The molecule has 1 aromatic rings. The molecule has 4 nitrogen and oxygen atoms in total. The lowest BCUT2D eigenvalue weighted by molar-refractivity contribution is 0.571. The first-order valence-corrected chi connectivity index (χ1v) is 8.54. The fraction of sp³-hybridized carbons (Fsp3) is 0.500. The number of rotatable bonds is 5. The van der Waals surface area contributed by atoms with Crippen molar-refractivity contribution in [1.82, 2.24) is 4.72 Å². The Kier molecular flexibility index (Phi) is 5.07. The van der Waals surface area contributed by atoms with Crippen LogP contribution in [0.25, 0.3) is 0 Å². The van der Waals surface area contributed by atoms with Crippen LogP contribution >= 0.6 is 11.8 Å². The van der Waals surface area contributed by atoms with Gasteiger partial charge in [0.25, 0.3) is 0 Å².